The lowest BCUT2D eigenvalue weighted by atomic mass is 10.0. The van der Waals surface area contributed by atoms with Gasteiger partial charge in [-0.1, -0.05) is 24.3 Å². The Bertz CT molecular complexity index is 818. The molecule has 0 radical (unpaired) electrons. The summed E-state index contributed by atoms with van der Waals surface area (Å²) >= 11 is 0. The van der Waals surface area contributed by atoms with E-state index in [0.717, 1.165) is 0 Å². The van der Waals surface area contributed by atoms with Gasteiger partial charge in [0, 0.05) is 11.8 Å². The van der Waals surface area contributed by atoms with E-state index in [2.05, 4.69) is 5.32 Å². The van der Waals surface area contributed by atoms with E-state index in [-0.39, 0.29) is 17.4 Å². The highest BCUT2D eigenvalue weighted by Gasteiger charge is 2.29. The fourth-order valence-electron chi connectivity index (χ4n) is 2.74. The molecule has 24 heavy (non-hydrogen) atoms. The van der Waals surface area contributed by atoms with Gasteiger partial charge in [0.05, 0.1) is 17.4 Å². The van der Waals surface area contributed by atoms with Gasteiger partial charge in [-0.25, -0.2) is 8.42 Å². The van der Waals surface area contributed by atoms with Gasteiger partial charge >= 0.3 is 0 Å². The minimum absolute atomic E-state index is 0.0704. The molecule has 1 aliphatic rings. The van der Waals surface area contributed by atoms with Crippen molar-refractivity contribution in [1.82, 2.24) is 0 Å². The maximum atomic E-state index is 12.3. The molecule has 5 nitrogen and oxygen atoms in total. The van der Waals surface area contributed by atoms with Crippen molar-refractivity contribution in [2.45, 2.75) is 12.8 Å². The quantitative estimate of drug-likeness (QED) is 0.923. The number of carbonyl (C=O) groups excluding carboxylic acids is 1. The number of rotatable bonds is 4. The predicted octanol–water partition coefficient (Wildman–Crippen LogP) is 3.24. The lowest BCUT2D eigenvalue weighted by Gasteiger charge is -2.21. The maximum absolute atomic E-state index is 12.3. The number of para-hydroxylation sites is 1. The number of nitrogens with one attached hydrogen (secondary N) is 1. The lowest BCUT2D eigenvalue weighted by Crippen LogP contribution is -2.34. The van der Waals surface area contributed by atoms with E-state index in [0.29, 0.717) is 30.0 Å². The number of carbonyl (C=O) groups is 1. The van der Waals surface area contributed by atoms with E-state index < -0.39 is 15.8 Å². The molecular formula is C18H19NO4S. The Kier molecular flexibility index (Phi) is 4.85. The molecule has 0 spiro atoms. The summed E-state index contributed by atoms with van der Waals surface area (Å²) in [7, 11) is -3.10. The highest BCUT2D eigenvalue weighted by atomic mass is 32.2. The van der Waals surface area contributed by atoms with E-state index in [1.807, 2.05) is 30.3 Å². The Labute approximate surface area is 141 Å². The molecule has 2 aromatic rings. The summed E-state index contributed by atoms with van der Waals surface area (Å²) in [6.45, 7) is 0. The van der Waals surface area contributed by atoms with Crippen LogP contribution in [0.15, 0.2) is 54.6 Å². The molecule has 1 fully saturated rings. The molecule has 1 aliphatic heterocycles. The number of hydrogen-bond acceptors (Lipinski definition) is 4. The van der Waals surface area contributed by atoms with Crippen LogP contribution in [0.2, 0.25) is 0 Å². The number of benzene rings is 2. The van der Waals surface area contributed by atoms with Crippen molar-refractivity contribution in [3.63, 3.8) is 0 Å². The Balaban J connectivity index is 1.67. The SMILES string of the molecule is O=C(Nc1cccc(Oc2ccccc2)c1)[C@H]1CCCS(=O)(=O)C1. The highest BCUT2D eigenvalue weighted by Crippen LogP contribution is 2.25. The second-order valence-electron chi connectivity index (χ2n) is 5.89. The number of amides is 1. The third-order valence-electron chi connectivity index (χ3n) is 3.91. The monoisotopic (exact) mass is 345 g/mol. The zero-order valence-corrected chi connectivity index (χ0v) is 14.0. The summed E-state index contributed by atoms with van der Waals surface area (Å²) in [4.78, 5) is 12.3. The lowest BCUT2D eigenvalue weighted by molar-refractivity contribution is -0.119. The van der Waals surface area contributed by atoms with Crippen molar-refractivity contribution < 1.29 is 17.9 Å². The zero-order valence-electron chi connectivity index (χ0n) is 13.1. The second kappa shape index (κ2) is 7.05. The average Bonchev–Trinajstić information content (AvgIpc) is 2.55. The van der Waals surface area contributed by atoms with Crippen LogP contribution in [0.5, 0.6) is 11.5 Å². The van der Waals surface area contributed by atoms with Crippen LogP contribution in [0.1, 0.15) is 12.8 Å². The van der Waals surface area contributed by atoms with Gasteiger partial charge in [-0.2, -0.15) is 0 Å². The van der Waals surface area contributed by atoms with Crippen LogP contribution in [0.4, 0.5) is 5.69 Å². The smallest absolute Gasteiger partial charge is 0.228 e. The molecule has 1 N–H and O–H groups in total. The van der Waals surface area contributed by atoms with Gasteiger partial charge in [0.15, 0.2) is 9.84 Å². The van der Waals surface area contributed by atoms with Crippen LogP contribution in [-0.4, -0.2) is 25.8 Å². The minimum atomic E-state index is -3.10. The minimum Gasteiger partial charge on any atom is -0.457 e. The normalized spacial score (nSPS) is 19.4. The van der Waals surface area contributed by atoms with Gasteiger partial charge in [0.25, 0.3) is 0 Å². The molecule has 2 aromatic carbocycles. The van der Waals surface area contributed by atoms with Crippen LogP contribution in [0, 0.1) is 5.92 Å². The molecule has 1 atom stereocenters. The first-order chi connectivity index (χ1) is 11.5. The van der Waals surface area contributed by atoms with Crippen LogP contribution in [-0.2, 0) is 14.6 Å². The Morgan fingerprint density at radius 1 is 1.04 bits per heavy atom. The number of sulfone groups is 1. The fraction of sp³-hybridized carbons (Fsp3) is 0.278. The van der Waals surface area contributed by atoms with Crippen LogP contribution >= 0.6 is 0 Å². The summed E-state index contributed by atoms with van der Waals surface area (Å²) in [6.07, 6.45) is 1.14. The standard InChI is InChI=1S/C18H19NO4S/c20-18(14-6-5-11-24(21,22)13-14)19-15-7-4-10-17(12-15)23-16-8-2-1-3-9-16/h1-4,7-10,12,14H,5-6,11,13H2,(H,19,20)/t14-/m0/s1. The highest BCUT2D eigenvalue weighted by molar-refractivity contribution is 7.91. The number of anilines is 1. The molecular weight excluding hydrogens is 326 g/mol. The predicted molar refractivity (Wildman–Crippen MR) is 93.0 cm³/mol. The zero-order chi connectivity index (χ0) is 17.0. The summed E-state index contributed by atoms with van der Waals surface area (Å²) < 4.78 is 29.1. The van der Waals surface area contributed by atoms with Crippen LogP contribution in [0.3, 0.4) is 0 Å². The van der Waals surface area contributed by atoms with Gasteiger partial charge in [-0.15, -0.1) is 0 Å². The third kappa shape index (κ3) is 4.35. The van der Waals surface area contributed by atoms with E-state index in [9.17, 15) is 13.2 Å². The maximum Gasteiger partial charge on any atom is 0.228 e. The van der Waals surface area contributed by atoms with Crippen LogP contribution < -0.4 is 10.1 Å². The van der Waals surface area contributed by atoms with E-state index in [1.54, 1.807) is 24.3 Å². The molecule has 0 saturated carbocycles. The molecule has 0 aromatic heterocycles. The first-order valence-corrected chi connectivity index (χ1v) is 9.68. The molecule has 126 valence electrons. The van der Waals surface area contributed by atoms with Crippen molar-refractivity contribution in [2.24, 2.45) is 5.92 Å². The molecule has 3 rings (SSSR count). The summed E-state index contributed by atoms with van der Waals surface area (Å²) in [5, 5.41) is 2.79. The van der Waals surface area contributed by atoms with Gasteiger partial charge in [-0.3, -0.25) is 4.79 Å². The summed E-state index contributed by atoms with van der Waals surface area (Å²) in [6, 6.07) is 16.4. The molecule has 6 heteroatoms. The number of ether oxygens (including phenoxy) is 1. The van der Waals surface area contributed by atoms with Gasteiger partial charge in [0.1, 0.15) is 11.5 Å². The van der Waals surface area contributed by atoms with Gasteiger partial charge < -0.3 is 10.1 Å². The first kappa shape index (κ1) is 16.5. The van der Waals surface area contributed by atoms with Gasteiger partial charge in [-0.05, 0) is 37.1 Å². The molecule has 1 amide bonds. The fourth-order valence-corrected chi connectivity index (χ4v) is 4.44. The van der Waals surface area contributed by atoms with Crippen molar-refractivity contribution >= 4 is 21.4 Å². The second-order valence-corrected chi connectivity index (χ2v) is 8.11. The first-order valence-electron chi connectivity index (χ1n) is 7.86. The van der Waals surface area contributed by atoms with E-state index in [4.69, 9.17) is 4.74 Å². The topological polar surface area (TPSA) is 72.5 Å². The van der Waals surface area contributed by atoms with Crippen molar-refractivity contribution in [3.8, 4) is 11.5 Å². The average molecular weight is 345 g/mol. The summed E-state index contributed by atoms with van der Waals surface area (Å²) in [5.74, 6) is 0.683. The summed E-state index contributed by atoms with van der Waals surface area (Å²) in [5.41, 5.74) is 0.594. The van der Waals surface area contributed by atoms with Gasteiger partial charge in [0.2, 0.25) is 5.91 Å². The number of hydrogen-bond donors (Lipinski definition) is 1. The molecule has 1 heterocycles. The van der Waals surface area contributed by atoms with E-state index in [1.165, 1.54) is 0 Å². The molecule has 0 aliphatic carbocycles. The largest absolute Gasteiger partial charge is 0.457 e. The molecule has 0 unspecified atom stereocenters. The Hall–Kier alpha value is -2.34. The molecule has 1 saturated heterocycles. The van der Waals surface area contributed by atoms with Crippen molar-refractivity contribution in [2.75, 3.05) is 16.8 Å². The van der Waals surface area contributed by atoms with Crippen LogP contribution in [0.25, 0.3) is 0 Å². The molecule has 0 bridgehead atoms. The third-order valence-corrected chi connectivity index (χ3v) is 5.74. The Morgan fingerprint density at radius 2 is 1.79 bits per heavy atom. The van der Waals surface area contributed by atoms with Crippen molar-refractivity contribution in [3.05, 3.63) is 54.6 Å². The van der Waals surface area contributed by atoms with Crippen molar-refractivity contribution in [1.29, 1.82) is 0 Å². The Morgan fingerprint density at radius 3 is 2.54 bits per heavy atom. The van der Waals surface area contributed by atoms with E-state index >= 15 is 0 Å².